The first-order chi connectivity index (χ1) is 9.88. The minimum atomic E-state index is -0.962. The van der Waals surface area contributed by atoms with Crippen LogP contribution in [0.4, 0.5) is 0 Å². The number of rotatable bonds is 0. The lowest BCUT2D eigenvalue weighted by Gasteiger charge is -2.53. The smallest absolute Gasteiger partial charge is 0.119 e. The second-order valence-corrected chi connectivity index (χ2v) is 8.43. The molecule has 116 valence electrons. The van der Waals surface area contributed by atoms with Gasteiger partial charge in [0.15, 0.2) is 0 Å². The van der Waals surface area contributed by atoms with Gasteiger partial charge in [0.05, 0.1) is 0 Å². The summed E-state index contributed by atoms with van der Waals surface area (Å²) in [6.45, 7) is 4.70. The molecule has 1 fully saturated rings. The molecular formula is C19H29NO. The molecule has 0 bridgehead atoms. The summed E-state index contributed by atoms with van der Waals surface area (Å²) in [6, 6.07) is 0. The van der Waals surface area contributed by atoms with E-state index >= 15 is 0 Å². The van der Waals surface area contributed by atoms with E-state index in [1.807, 2.05) is 0 Å². The number of nitrogens with two attached hydrogens (primary N) is 1. The summed E-state index contributed by atoms with van der Waals surface area (Å²) < 4.78 is 0. The van der Waals surface area contributed by atoms with E-state index in [1.54, 1.807) is 11.1 Å². The van der Waals surface area contributed by atoms with Crippen LogP contribution in [0.25, 0.3) is 0 Å². The van der Waals surface area contributed by atoms with Crippen LogP contribution in [0.5, 0.6) is 0 Å². The van der Waals surface area contributed by atoms with Crippen LogP contribution in [0.1, 0.15) is 65.2 Å². The van der Waals surface area contributed by atoms with Crippen LogP contribution >= 0.6 is 0 Å². The fourth-order valence-corrected chi connectivity index (χ4v) is 6.10. The lowest BCUT2D eigenvalue weighted by molar-refractivity contribution is -0.0692. The van der Waals surface area contributed by atoms with Crippen molar-refractivity contribution >= 4 is 0 Å². The van der Waals surface area contributed by atoms with Crippen molar-refractivity contribution in [1.82, 2.24) is 0 Å². The summed E-state index contributed by atoms with van der Waals surface area (Å²) in [5.41, 5.74) is 8.89. The Hall–Kier alpha value is -0.600. The Bertz CT molecular complexity index is 532. The molecule has 4 aliphatic rings. The molecule has 4 aliphatic carbocycles. The van der Waals surface area contributed by atoms with Crippen LogP contribution in [-0.4, -0.2) is 10.8 Å². The number of hydrogen-bond acceptors (Lipinski definition) is 2. The summed E-state index contributed by atoms with van der Waals surface area (Å²) in [5.74, 6) is 1.35. The highest BCUT2D eigenvalue weighted by Gasteiger charge is 2.59. The van der Waals surface area contributed by atoms with Crippen molar-refractivity contribution in [2.75, 3.05) is 0 Å². The van der Waals surface area contributed by atoms with E-state index in [2.05, 4.69) is 26.0 Å². The lowest BCUT2D eigenvalue weighted by Crippen LogP contribution is -2.54. The van der Waals surface area contributed by atoms with Gasteiger partial charge < -0.3 is 10.8 Å². The normalized spacial score (nSPS) is 52.4. The molecule has 0 amide bonds. The summed E-state index contributed by atoms with van der Waals surface area (Å²) >= 11 is 0. The predicted octanol–water partition coefficient (Wildman–Crippen LogP) is 3.91. The Morgan fingerprint density at radius 3 is 2.76 bits per heavy atom. The van der Waals surface area contributed by atoms with Gasteiger partial charge in [0.25, 0.3) is 0 Å². The fraction of sp³-hybridized carbons (Fsp3) is 0.789. The molecule has 0 aromatic heterocycles. The molecule has 2 heteroatoms. The summed E-state index contributed by atoms with van der Waals surface area (Å²) in [5, 5.41) is 10.7. The summed E-state index contributed by atoms with van der Waals surface area (Å²) in [6.07, 6.45) is 14.1. The highest BCUT2D eigenvalue weighted by molar-refractivity contribution is 5.38. The molecule has 21 heavy (non-hydrogen) atoms. The van der Waals surface area contributed by atoms with Gasteiger partial charge in [-0.2, -0.15) is 0 Å². The van der Waals surface area contributed by atoms with Crippen molar-refractivity contribution in [3.63, 3.8) is 0 Å². The third-order valence-corrected chi connectivity index (χ3v) is 7.68. The predicted molar refractivity (Wildman–Crippen MR) is 85.4 cm³/mol. The summed E-state index contributed by atoms with van der Waals surface area (Å²) in [4.78, 5) is 0. The first-order valence-electron chi connectivity index (χ1n) is 8.80. The molecule has 0 radical (unpaired) electrons. The van der Waals surface area contributed by atoms with Crippen molar-refractivity contribution in [3.05, 3.63) is 23.3 Å². The van der Waals surface area contributed by atoms with Crippen LogP contribution in [0.3, 0.4) is 0 Å². The van der Waals surface area contributed by atoms with Gasteiger partial charge in [-0.25, -0.2) is 0 Å². The van der Waals surface area contributed by atoms with E-state index in [0.717, 1.165) is 31.6 Å². The van der Waals surface area contributed by atoms with Crippen molar-refractivity contribution in [2.45, 2.75) is 70.9 Å². The maximum Gasteiger partial charge on any atom is 0.119 e. The minimum Gasteiger partial charge on any atom is -0.376 e. The van der Waals surface area contributed by atoms with E-state index in [9.17, 15) is 5.11 Å². The molecule has 0 aliphatic heterocycles. The molecule has 5 atom stereocenters. The quantitative estimate of drug-likeness (QED) is 0.524. The monoisotopic (exact) mass is 287 g/mol. The van der Waals surface area contributed by atoms with Crippen molar-refractivity contribution in [3.8, 4) is 0 Å². The van der Waals surface area contributed by atoms with Gasteiger partial charge in [0.2, 0.25) is 0 Å². The Morgan fingerprint density at radius 2 is 1.95 bits per heavy atom. The fourth-order valence-electron chi connectivity index (χ4n) is 6.10. The molecule has 0 heterocycles. The molecular weight excluding hydrogens is 258 g/mol. The zero-order chi connectivity index (χ0) is 14.9. The molecule has 0 spiro atoms. The Labute approximate surface area is 128 Å². The van der Waals surface area contributed by atoms with Crippen LogP contribution in [0, 0.1) is 22.7 Å². The highest BCUT2D eigenvalue weighted by atomic mass is 16.3. The molecule has 0 aromatic rings. The van der Waals surface area contributed by atoms with Gasteiger partial charge in [-0.3, -0.25) is 0 Å². The SMILES string of the molecule is C[C@]12CCC3=C(CCC4CCC=C[C@]34C)[C@@H]1CCC2(N)O. The molecule has 0 aromatic carbocycles. The molecule has 1 saturated carbocycles. The van der Waals surface area contributed by atoms with Gasteiger partial charge >= 0.3 is 0 Å². The zero-order valence-electron chi connectivity index (χ0n) is 13.5. The van der Waals surface area contributed by atoms with Crippen LogP contribution in [0.15, 0.2) is 23.3 Å². The van der Waals surface area contributed by atoms with Crippen molar-refractivity contribution in [1.29, 1.82) is 0 Å². The van der Waals surface area contributed by atoms with Gasteiger partial charge in [0.1, 0.15) is 5.72 Å². The van der Waals surface area contributed by atoms with Gasteiger partial charge in [-0.05, 0) is 63.2 Å². The number of hydrogen-bond donors (Lipinski definition) is 2. The Balaban J connectivity index is 1.80. The highest BCUT2D eigenvalue weighted by Crippen LogP contribution is 2.63. The molecule has 2 unspecified atom stereocenters. The van der Waals surface area contributed by atoms with Gasteiger partial charge in [-0.1, -0.05) is 37.1 Å². The Kier molecular flexibility index (Phi) is 2.83. The number of fused-ring (bicyclic) bond motifs is 4. The average molecular weight is 287 g/mol. The molecule has 3 N–H and O–H groups in total. The van der Waals surface area contributed by atoms with Crippen molar-refractivity contribution in [2.24, 2.45) is 28.4 Å². The van der Waals surface area contributed by atoms with Crippen LogP contribution in [0.2, 0.25) is 0 Å². The first kappa shape index (κ1) is 14.0. The van der Waals surface area contributed by atoms with E-state index in [1.165, 1.54) is 25.7 Å². The van der Waals surface area contributed by atoms with E-state index in [-0.39, 0.29) is 5.41 Å². The second kappa shape index (κ2) is 4.23. The third kappa shape index (κ3) is 1.66. The second-order valence-electron chi connectivity index (χ2n) is 8.43. The van der Waals surface area contributed by atoms with E-state index < -0.39 is 5.72 Å². The largest absolute Gasteiger partial charge is 0.376 e. The third-order valence-electron chi connectivity index (χ3n) is 7.68. The topological polar surface area (TPSA) is 46.2 Å². The first-order valence-corrected chi connectivity index (χ1v) is 8.80. The zero-order valence-corrected chi connectivity index (χ0v) is 13.5. The molecule has 2 nitrogen and oxygen atoms in total. The standard InChI is InChI=1S/C19H29NO/c1-17-10-4-3-5-13(17)6-7-14-15(17)8-11-18(2)16(14)9-12-19(18,20)21/h4,10,13,16,21H,3,5-9,11-12,20H2,1-2H3/t13?,16-,17-,18-,19?/m0/s1. The lowest BCUT2D eigenvalue weighted by atomic mass is 9.53. The number of aliphatic hydroxyl groups is 1. The van der Waals surface area contributed by atoms with Gasteiger partial charge in [0, 0.05) is 10.8 Å². The summed E-state index contributed by atoms with van der Waals surface area (Å²) in [7, 11) is 0. The van der Waals surface area contributed by atoms with Crippen LogP contribution in [-0.2, 0) is 0 Å². The van der Waals surface area contributed by atoms with Crippen molar-refractivity contribution < 1.29 is 5.11 Å². The maximum absolute atomic E-state index is 10.7. The number of allylic oxidation sites excluding steroid dienone is 4. The van der Waals surface area contributed by atoms with E-state index in [4.69, 9.17) is 5.73 Å². The van der Waals surface area contributed by atoms with E-state index in [0.29, 0.717) is 11.3 Å². The minimum absolute atomic E-state index is 0.104. The molecule has 0 saturated heterocycles. The average Bonchev–Trinajstić information content (AvgIpc) is 2.69. The Morgan fingerprint density at radius 1 is 1.14 bits per heavy atom. The maximum atomic E-state index is 10.7. The van der Waals surface area contributed by atoms with Crippen LogP contribution < -0.4 is 5.73 Å². The molecule has 4 rings (SSSR count). The van der Waals surface area contributed by atoms with Gasteiger partial charge in [-0.15, -0.1) is 0 Å².